The Morgan fingerprint density at radius 1 is 1.44 bits per heavy atom. The third kappa shape index (κ3) is 1.53. The van der Waals surface area contributed by atoms with Crippen molar-refractivity contribution < 1.29 is 0 Å². The molecule has 1 aliphatic heterocycles. The number of nitrogens with one attached hydrogen (secondary N) is 1. The molecule has 3 nitrogen and oxygen atoms in total. The highest BCUT2D eigenvalue weighted by Gasteiger charge is 2.13. The van der Waals surface area contributed by atoms with Crippen LogP contribution < -0.4 is 5.32 Å². The van der Waals surface area contributed by atoms with Crippen molar-refractivity contribution in [2.75, 3.05) is 13.1 Å². The van der Waals surface area contributed by atoms with E-state index in [2.05, 4.69) is 35.5 Å². The van der Waals surface area contributed by atoms with Crippen LogP contribution in [-0.4, -0.2) is 22.7 Å². The first-order valence-electron chi connectivity index (χ1n) is 5.69. The van der Waals surface area contributed by atoms with Gasteiger partial charge in [-0.3, -0.25) is 0 Å². The first-order valence-corrected chi connectivity index (χ1v) is 5.69. The molecule has 1 aliphatic rings. The minimum atomic E-state index is 0.599. The highest BCUT2D eigenvalue weighted by Crippen LogP contribution is 2.23. The summed E-state index contributed by atoms with van der Waals surface area (Å²) in [5.74, 6) is 0.599. The molecule has 3 rings (SSSR count). The van der Waals surface area contributed by atoms with Crippen molar-refractivity contribution >= 4 is 11.1 Å². The van der Waals surface area contributed by atoms with E-state index in [1.807, 2.05) is 23.0 Å². The third-order valence-corrected chi connectivity index (χ3v) is 3.04. The van der Waals surface area contributed by atoms with Crippen molar-refractivity contribution in [3.8, 4) is 0 Å². The minimum Gasteiger partial charge on any atom is -0.312 e. The zero-order valence-electron chi connectivity index (χ0n) is 9.35. The average molecular weight is 213 g/mol. The number of nitrogens with zero attached hydrogens (tertiary/aromatic N) is 2. The lowest BCUT2D eigenvalue weighted by atomic mass is 9.98. The van der Waals surface area contributed by atoms with Gasteiger partial charge in [-0.25, -0.2) is 4.52 Å². The van der Waals surface area contributed by atoms with Gasteiger partial charge in [-0.05, 0) is 23.6 Å². The lowest BCUT2D eigenvalue weighted by Gasteiger charge is -2.18. The standard InChI is InChI=1S/C13H15N3/c1-10-6-11(8-14-7-10)12-9-15-16-5-3-2-4-13(12)16/h2-6,9-10,14H,7-8H2,1H3/t10-/m1/s1. The second kappa shape index (κ2) is 3.76. The summed E-state index contributed by atoms with van der Waals surface area (Å²) in [6.45, 7) is 4.25. The second-order valence-electron chi connectivity index (χ2n) is 4.39. The van der Waals surface area contributed by atoms with E-state index >= 15 is 0 Å². The fourth-order valence-electron chi connectivity index (χ4n) is 2.26. The lowest BCUT2D eigenvalue weighted by molar-refractivity contribution is 0.607. The number of fused-ring (bicyclic) bond motifs is 1. The highest BCUT2D eigenvalue weighted by molar-refractivity contribution is 5.79. The molecule has 0 unspecified atom stereocenters. The van der Waals surface area contributed by atoms with E-state index in [0.717, 1.165) is 13.1 Å². The predicted octanol–water partition coefficient (Wildman–Crippen LogP) is 1.96. The SMILES string of the molecule is C[C@@H]1C=C(c2cnn3ccccc23)CNC1. The number of hydrogen-bond donors (Lipinski definition) is 1. The van der Waals surface area contributed by atoms with Crippen LogP contribution in [-0.2, 0) is 0 Å². The van der Waals surface area contributed by atoms with Crippen molar-refractivity contribution in [2.45, 2.75) is 6.92 Å². The summed E-state index contributed by atoms with van der Waals surface area (Å²) in [5.41, 5.74) is 3.80. The van der Waals surface area contributed by atoms with Gasteiger partial charge in [-0.1, -0.05) is 19.1 Å². The van der Waals surface area contributed by atoms with Gasteiger partial charge in [0.15, 0.2) is 0 Å². The van der Waals surface area contributed by atoms with E-state index < -0.39 is 0 Å². The summed E-state index contributed by atoms with van der Waals surface area (Å²) in [6, 6.07) is 6.17. The topological polar surface area (TPSA) is 29.3 Å². The Hall–Kier alpha value is -1.61. The summed E-state index contributed by atoms with van der Waals surface area (Å²) in [7, 11) is 0. The van der Waals surface area contributed by atoms with Gasteiger partial charge < -0.3 is 5.32 Å². The second-order valence-corrected chi connectivity index (χ2v) is 4.39. The van der Waals surface area contributed by atoms with Gasteiger partial charge in [0.25, 0.3) is 0 Å². The Labute approximate surface area is 94.8 Å². The van der Waals surface area contributed by atoms with Crippen molar-refractivity contribution in [1.29, 1.82) is 0 Å². The van der Waals surface area contributed by atoms with E-state index in [1.165, 1.54) is 16.7 Å². The molecule has 0 saturated heterocycles. The fraction of sp³-hybridized carbons (Fsp3) is 0.308. The van der Waals surface area contributed by atoms with Gasteiger partial charge in [0.1, 0.15) is 0 Å². The number of pyridine rings is 1. The van der Waals surface area contributed by atoms with Crippen LogP contribution in [0.3, 0.4) is 0 Å². The van der Waals surface area contributed by atoms with Gasteiger partial charge >= 0.3 is 0 Å². The molecule has 0 saturated carbocycles. The smallest absolute Gasteiger partial charge is 0.0737 e. The molecule has 1 N–H and O–H groups in total. The van der Waals surface area contributed by atoms with Crippen molar-refractivity contribution in [3.05, 3.63) is 42.2 Å². The maximum atomic E-state index is 4.37. The van der Waals surface area contributed by atoms with Crippen LogP contribution in [0, 0.1) is 5.92 Å². The lowest BCUT2D eigenvalue weighted by Crippen LogP contribution is -2.26. The molecule has 0 spiro atoms. The molecule has 2 aromatic heterocycles. The Balaban J connectivity index is 2.12. The number of hydrogen-bond acceptors (Lipinski definition) is 2. The van der Waals surface area contributed by atoms with Gasteiger partial charge in [-0.15, -0.1) is 0 Å². The van der Waals surface area contributed by atoms with Crippen LogP contribution in [0.2, 0.25) is 0 Å². The first kappa shape index (κ1) is 9.60. The van der Waals surface area contributed by atoms with Crippen molar-refractivity contribution in [3.63, 3.8) is 0 Å². The van der Waals surface area contributed by atoms with Crippen molar-refractivity contribution in [2.24, 2.45) is 5.92 Å². The Kier molecular flexibility index (Phi) is 2.26. The van der Waals surface area contributed by atoms with E-state index in [4.69, 9.17) is 0 Å². The van der Waals surface area contributed by atoms with Crippen LogP contribution in [0.15, 0.2) is 36.7 Å². The molecule has 0 aliphatic carbocycles. The molecule has 3 heteroatoms. The zero-order valence-corrected chi connectivity index (χ0v) is 9.35. The third-order valence-electron chi connectivity index (χ3n) is 3.04. The molecule has 3 heterocycles. The summed E-state index contributed by atoms with van der Waals surface area (Å²) >= 11 is 0. The van der Waals surface area contributed by atoms with Crippen LogP contribution in [0.1, 0.15) is 12.5 Å². The molecular weight excluding hydrogens is 198 g/mol. The van der Waals surface area contributed by atoms with E-state index in [-0.39, 0.29) is 0 Å². The van der Waals surface area contributed by atoms with Crippen LogP contribution >= 0.6 is 0 Å². The summed E-state index contributed by atoms with van der Waals surface area (Å²) in [6.07, 6.45) is 6.29. The summed E-state index contributed by atoms with van der Waals surface area (Å²) in [5, 5.41) is 7.80. The van der Waals surface area contributed by atoms with Crippen LogP contribution in [0.25, 0.3) is 11.1 Å². The quantitative estimate of drug-likeness (QED) is 0.784. The molecule has 0 bridgehead atoms. The fourth-order valence-corrected chi connectivity index (χ4v) is 2.26. The monoisotopic (exact) mass is 213 g/mol. The predicted molar refractivity (Wildman–Crippen MR) is 65.2 cm³/mol. The Morgan fingerprint density at radius 2 is 2.38 bits per heavy atom. The van der Waals surface area contributed by atoms with Crippen LogP contribution in [0.5, 0.6) is 0 Å². The maximum absolute atomic E-state index is 4.37. The molecule has 2 aromatic rings. The van der Waals surface area contributed by atoms with Crippen LogP contribution in [0.4, 0.5) is 0 Å². The van der Waals surface area contributed by atoms with Gasteiger partial charge in [-0.2, -0.15) is 5.10 Å². The van der Waals surface area contributed by atoms with E-state index in [0.29, 0.717) is 5.92 Å². The van der Waals surface area contributed by atoms with Gasteiger partial charge in [0.05, 0.1) is 11.7 Å². The Morgan fingerprint density at radius 3 is 3.25 bits per heavy atom. The average Bonchev–Trinajstić information content (AvgIpc) is 2.72. The molecule has 0 aromatic carbocycles. The number of rotatable bonds is 1. The highest BCUT2D eigenvalue weighted by atomic mass is 15.2. The largest absolute Gasteiger partial charge is 0.312 e. The van der Waals surface area contributed by atoms with Gasteiger partial charge in [0.2, 0.25) is 0 Å². The molecule has 0 radical (unpaired) electrons. The van der Waals surface area contributed by atoms with E-state index in [9.17, 15) is 0 Å². The maximum Gasteiger partial charge on any atom is 0.0737 e. The Bertz CT molecular complexity index is 539. The summed E-state index contributed by atoms with van der Waals surface area (Å²) < 4.78 is 1.93. The molecule has 0 fully saturated rings. The van der Waals surface area contributed by atoms with E-state index in [1.54, 1.807) is 0 Å². The summed E-state index contributed by atoms with van der Waals surface area (Å²) in [4.78, 5) is 0. The van der Waals surface area contributed by atoms with Crippen molar-refractivity contribution in [1.82, 2.24) is 14.9 Å². The van der Waals surface area contributed by atoms with Gasteiger partial charge in [0, 0.05) is 24.8 Å². The molecule has 1 atom stereocenters. The molecule has 16 heavy (non-hydrogen) atoms. The molecular formula is C13H15N3. The number of aromatic nitrogens is 2. The molecule has 82 valence electrons. The zero-order chi connectivity index (χ0) is 11.0. The first-order chi connectivity index (χ1) is 7.84. The minimum absolute atomic E-state index is 0.599. The molecule has 0 amide bonds. The normalized spacial score (nSPS) is 21.1.